The second-order valence-electron chi connectivity index (χ2n) is 6.40. The van der Waals surface area contributed by atoms with Gasteiger partial charge in [-0.25, -0.2) is 9.37 Å². The minimum Gasteiger partial charge on any atom is -0.424 e. The van der Waals surface area contributed by atoms with Crippen molar-refractivity contribution >= 4 is 34.0 Å². The fourth-order valence-corrected chi connectivity index (χ4v) is 3.43. The van der Waals surface area contributed by atoms with Gasteiger partial charge in [0.2, 0.25) is 11.9 Å². The Balaban J connectivity index is 1.40. The third kappa shape index (κ3) is 5.80. The highest BCUT2D eigenvalue weighted by atomic mass is 32.1. The summed E-state index contributed by atoms with van der Waals surface area (Å²) in [6, 6.07) is 15.1. The van der Waals surface area contributed by atoms with Crippen molar-refractivity contribution < 1.29 is 13.9 Å². The maximum absolute atomic E-state index is 13.2. The van der Waals surface area contributed by atoms with Crippen molar-refractivity contribution in [2.45, 2.75) is 13.3 Å². The van der Waals surface area contributed by atoms with Gasteiger partial charge in [-0.3, -0.25) is 10.1 Å². The normalized spacial score (nSPS) is 10.5. The molecule has 0 bridgehead atoms. The van der Waals surface area contributed by atoms with Crippen LogP contribution < -0.4 is 15.4 Å². The number of para-hydroxylation sites is 1. The van der Waals surface area contributed by atoms with E-state index in [2.05, 4.69) is 30.6 Å². The van der Waals surface area contributed by atoms with Gasteiger partial charge in [-0.2, -0.15) is 15.0 Å². The third-order valence-corrected chi connectivity index (χ3v) is 4.81. The van der Waals surface area contributed by atoms with Gasteiger partial charge < -0.3 is 10.1 Å². The molecule has 2 heterocycles. The Kier molecular flexibility index (Phi) is 6.08. The average Bonchev–Trinajstić information content (AvgIpc) is 3.14. The number of anilines is 3. The van der Waals surface area contributed by atoms with Gasteiger partial charge in [-0.05, 0) is 37.3 Å². The SMILES string of the molecule is Cc1nc(Nc2ncc(CC(=O)Nc3cccc(F)c3)s2)nc(Oc2ccccc2)n1. The minimum atomic E-state index is -0.412. The van der Waals surface area contributed by atoms with Crippen LogP contribution >= 0.6 is 11.3 Å². The Morgan fingerprint density at radius 2 is 1.94 bits per heavy atom. The van der Waals surface area contributed by atoms with Crippen molar-refractivity contribution in [3.63, 3.8) is 0 Å². The average molecular weight is 436 g/mol. The number of aryl methyl sites for hydroxylation is 1. The van der Waals surface area contributed by atoms with Crippen molar-refractivity contribution in [3.05, 3.63) is 77.3 Å². The summed E-state index contributed by atoms with van der Waals surface area (Å²) in [5.74, 6) is 0.693. The lowest BCUT2D eigenvalue weighted by molar-refractivity contribution is -0.115. The fourth-order valence-electron chi connectivity index (χ4n) is 2.63. The molecule has 0 spiro atoms. The second-order valence-corrected chi connectivity index (χ2v) is 7.51. The molecule has 0 unspecified atom stereocenters. The molecule has 0 atom stereocenters. The number of hydrogen-bond acceptors (Lipinski definition) is 8. The van der Waals surface area contributed by atoms with Crippen LogP contribution in [0.2, 0.25) is 0 Å². The number of benzene rings is 2. The molecule has 4 aromatic rings. The molecule has 0 saturated carbocycles. The molecule has 10 heteroatoms. The van der Waals surface area contributed by atoms with E-state index < -0.39 is 5.82 Å². The van der Waals surface area contributed by atoms with E-state index in [4.69, 9.17) is 4.74 Å². The molecule has 8 nitrogen and oxygen atoms in total. The number of carbonyl (C=O) groups excluding carboxylic acids is 1. The number of rotatable bonds is 7. The van der Waals surface area contributed by atoms with E-state index in [1.165, 1.54) is 29.5 Å². The van der Waals surface area contributed by atoms with Crippen LogP contribution in [0.1, 0.15) is 10.7 Å². The largest absolute Gasteiger partial charge is 0.424 e. The molecule has 4 rings (SSSR count). The Bertz CT molecular complexity index is 1200. The number of nitrogens with one attached hydrogen (secondary N) is 2. The minimum absolute atomic E-state index is 0.106. The van der Waals surface area contributed by atoms with E-state index in [-0.39, 0.29) is 24.3 Å². The van der Waals surface area contributed by atoms with Gasteiger partial charge >= 0.3 is 6.01 Å². The molecule has 0 aliphatic rings. The van der Waals surface area contributed by atoms with Crippen LogP contribution in [0.4, 0.5) is 21.2 Å². The topological polar surface area (TPSA) is 102 Å². The molecule has 0 saturated heterocycles. The standard InChI is InChI=1S/C21H17FN6O2S/c1-13-24-19(27-20(25-13)30-16-8-3-2-4-9-16)28-21-23-12-17(31-21)11-18(29)26-15-7-5-6-14(22)10-15/h2-10,12H,11H2,1H3,(H,26,29)(H,23,24,25,27,28). The zero-order valence-corrected chi connectivity index (χ0v) is 17.2. The number of nitrogens with zero attached hydrogens (tertiary/aromatic N) is 4. The first-order valence-electron chi connectivity index (χ1n) is 9.26. The van der Waals surface area contributed by atoms with Crippen LogP contribution in [0.15, 0.2) is 60.8 Å². The molecule has 1 amide bonds. The molecule has 156 valence electrons. The van der Waals surface area contributed by atoms with E-state index in [9.17, 15) is 9.18 Å². The molecule has 0 aliphatic carbocycles. The number of thiazole rings is 1. The Morgan fingerprint density at radius 1 is 1.10 bits per heavy atom. The van der Waals surface area contributed by atoms with Crippen molar-refractivity contribution in [2.24, 2.45) is 0 Å². The van der Waals surface area contributed by atoms with Crippen molar-refractivity contribution in [3.8, 4) is 11.8 Å². The van der Waals surface area contributed by atoms with Crippen LogP contribution in [-0.4, -0.2) is 25.8 Å². The molecule has 0 radical (unpaired) electrons. The fraction of sp³-hybridized carbons (Fsp3) is 0.0952. The molecule has 2 aromatic carbocycles. The second kappa shape index (κ2) is 9.26. The molecule has 31 heavy (non-hydrogen) atoms. The van der Waals surface area contributed by atoms with E-state index >= 15 is 0 Å². The van der Waals surface area contributed by atoms with Gasteiger partial charge in [-0.15, -0.1) is 11.3 Å². The van der Waals surface area contributed by atoms with Gasteiger partial charge in [0, 0.05) is 16.8 Å². The highest BCUT2D eigenvalue weighted by Crippen LogP contribution is 2.23. The lowest BCUT2D eigenvalue weighted by Gasteiger charge is -2.06. The predicted molar refractivity (Wildman–Crippen MR) is 115 cm³/mol. The summed E-state index contributed by atoms with van der Waals surface area (Å²) >= 11 is 1.29. The van der Waals surface area contributed by atoms with Crippen LogP contribution in [-0.2, 0) is 11.2 Å². The summed E-state index contributed by atoms with van der Waals surface area (Å²) in [6.07, 6.45) is 1.70. The van der Waals surface area contributed by atoms with Crippen LogP contribution in [0.3, 0.4) is 0 Å². The van der Waals surface area contributed by atoms with Gasteiger partial charge in [0.05, 0.1) is 6.42 Å². The zero-order chi connectivity index (χ0) is 21.6. The van der Waals surface area contributed by atoms with Crippen molar-refractivity contribution in [2.75, 3.05) is 10.6 Å². The Morgan fingerprint density at radius 3 is 2.74 bits per heavy atom. The Labute approximate surface area is 181 Å². The molecule has 2 N–H and O–H groups in total. The predicted octanol–water partition coefficient (Wildman–Crippen LogP) is 4.49. The molecule has 0 aliphatic heterocycles. The van der Waals surface area contributed by atoms with Gasteiger partial charge in [-0.1, -0.05) is 24.3 Å². The highest BCUT2D eigenvalue weighted by Gasteiger charge is 2.11. The lowest BCUT2D eigenvalue weighted by Crippen LogP contribution is -2.13. The van der Waals surface area contributed by atoms with Crippen LogP contribution in [0, 0.1) is 12.7 Å². The van der Waals surface area contributed by atoms with Crippen molar-refractivity contribution in [1.29, 1.82) is 0 Å². The quantitative estimate of drug-likeness (QED) is 0.440. The summed E-state index contributed by atoms with van der Waals surface area (Å²) in [6.45, 7) is 1.73. The third-order valence-electron chi connectivity index (χ3n) is 3.89. The maximum Gasteiger partial charge on any atom is 0.327 e. The van der Waals surface area contributed by atoms with Gasteiger partial charge in [0.15, 0.2) is 5.13 Å². The number of hydrogen-bond donors (Lipinski definition) is 2. The van der Waals surface area contributed by atoms with E-state index in [0.717, 1.165) is 4.88 Å². The first-order chi connectivity index (χ1) is 15.0. The highest BCUT2D eigenvalue weighted by molar-refractivity contribution is 7.15. The summed E-state index contributed by atoms with van der Waals surface area (Å²) in [4.78, 5) is 29.9. The smallest absolute Gasteiger partial charge is 0.327 e. The number of carbonyl (C=O) groups is 1. The number of amides is 1. The molecular formula is C21H17FN6O2S. The monoisotopic (exact) mass is 436 g/mol. The Hall–Kier alpha value is -3.92. The summed E-state index contributed by atoms with van der Waals surface area (Å²) in [7, 11) is 0. The number of aromatic nitrogens is 4. The lowest BCUT2D eigenvalue weighted by atomic mass is 10.3. The van der Waals surface area contributed by atoms with Gasteiger partial charge in [0.1, 0.15) is 17.4 Å². The van der Waals surface area contributed by atoms with Crippen LogP contribution in [0.5, 0.6) is 11.8 Å². The number of ether oxygens (including phenoxy) is 1. The van der Waals surface area contributed by atoms with E-state index in [1.54, 1.807) is 31.3 Å². The summed E-state index contributed by atoms with van der Waals surface area (Å²) < 4.78 is 18.9. The van der Waals surface area contributed by atoms with Crippen molar-refractivity contribution in [1.82, 2.24) is 19.9 Å². The summed E-state index contributed by atoms with van der Waals surface area (Å²) in [5.41, 5.74) is 0.402. The first kappa shape index (κ1) is 20.4. The zero-order valence-electron chi connectivity index (χ0n) is 16.4. The van der Waals surface area contributed by atoms with E-state index in [1.807, 2.05) is 18.2 Å². The van der Waals surface area contributed by atoms with Gasteiger partial charge in [0.25, 0.3) is 0 Å². The molecule has 2 aromatic heterocycles. The van der Waals surface area contributed by atoms with Crippen LogP contribution in [0.25, 0.3) is 0 Å². The van der Waals surface area contributed by atoms with E-state index in [0.29, 0.717) is 22.4 Å². The summed E-state index contributed by atoms with van der Waals surface area (Å²) in [5, 5.41) is 6.18. The molecule has 0 fully saturated rings. The first-order valence-corrected chi connectivity index (χ1v) is 10.1. The molecular weight excluding hydrogens is 419 g/mol. The maximum atomic E-state index is 13.2. The number of halogens is 1.